The van der Waals surface area contributed by atoms with E-state index in [-0.39, 0.29) is 50.1 Å². The standard InChI is InChI=1S/C10H22O7PS2/c11-1-9(2-12)5-19-7-16-18(15)17-8-20-6-10(3-13)4-14/h9-14H,1-8H2/q+1. The van der Waals surface area contributed by atoms with Crippen LogP contribution in [-0.2, 0) is 13.6 Å². The molecular weight excluding hydrogens is 327 g/mol. The van der Waals surface area contributed by atoms with Crippen LogP contribution >= 0.6 is 31.8 Å². The smallest absolute Gasteiger partial charge is 0.396 e. The molecule has 20 heavy (non-hydrogen) atoms. The van der Waals surface area contributed by atoms with Crippen LogP contribution in [0.2, 0.25) is 0 Å². The highest BCUT2D eigenvalue weighted by atomic mass is 32.2. The molecule has 0 atom stereocenters. The van der Waals surface area contributed by atoms with Crippen LogP contribution in [0.4, 0.5) is 0 Å². The van der Waals surface area contributed by atoms with Gasteiger partial charge in [0, 0.05) is 54.3 Å². The van der Waals surface area contributed by atoms with Gasteiger partial charge in [-0.1, -0.05) is 0 Å². The molecule has 0 spiro atoms. The van der Waals surface area contributed by atoms with Gasteiger partial charge in [-0.15, -0.1) is 32.6 Å². The van der Waals surface area contributed by atoms with Gasteiger partial charge >= 0.3 is 8.25 Å². The van der Waals surface area contributed by atoms with E-state index in [2.05, 4.69) is 0 Å². The van der Waals surface area contributed by atoms with Crippen LogP contribution in [0.1, 0.15) is 0 Å². The topological polar surface area (TPSA) is 116 Å². The fourth-order valence-corrected chi connectivity index (χ4v) is 3.59. The number of aliphatic hydroxyl groups excluding tert-OH is 4. The summed E-state index contributed by atoms with van der Waals surface area (Å²) in [7, 11) is -2.20. The molecule has 0 amide bonds. The summed E-state index contributed by atoms with van der Waals surface area (Å²) in [5.74, 6) is 0.941. The van der Waals surface area contributed by atoms with Crippen LogP contribution in [0, 0.1) is 11.8 Å². The summed E-state index contributed by atoms with van der Waals surface area (Å²) in [6.45, 7) is -0.390. The summed E-state index contributed by atoms with van der Waals surface area (Å²) in [6, 6.07) is 0. The van der Waals surface area contributed by atoms with Gasteiger partial charge < -0.3 is 20.4 Å². The third-order valence-corrected chi connectivity index (χ3v) is 5.24. The normalized spacial score (nSPS) is 11.5. The van der Waals surface area contributed by atoms with E-state index < -0.39 is 8.25 Å². The Labute approximate surface area is 128 Å². The predicted molar refractivity (Wildman–Crippen MR) is 79.7 cm³/mol. The molecule has 0 aliphatic carbocycles. The van der Waals surface area contributed by atoms with Crippen LogP contribution in [0.5, 0.6) is 0 Å². The molecule has 4 N–H and O–H groups in total. The first-order valence-corrected chi connectivity index (χ1v) is 9.40. The van der Waals surface area contributed by atoms with Crippen molar-refractivity contribution in [1.29, 1.82) is 0 Å². The summed E-state index contributed by atoms with van der Waals surface area (Å²) < 4.78 is 21.1. The van der Waals surface area contributed by atoms with Gasteiger partial charge in [0.05, 0.1) is 0 Å². The second-order valence-corrected chi connectivity index (χ2v) is 6.84. The fraction of sp³-hybridized carbons (Fsp3) is 1.00. The Morgan fingerprint density at radius 1 is 0.800 bits per heavy atom. The zero-order valence-electron chi connectivity index (χ0n) is 11.1. The molecule has 120 valence electrons. The second-order valence-electron chi connectivity index (χ2n) is 3.92. The van der Waals surface area contributed by atoms with Gasteiger partial charge in [0.1, 0.15) is 0 Å². The van der Waals surface area contributed by atoms with Gasteiger partial charge in [-0.05, 0) is 0 Å². The summed E-state index contributed by atoms with van der Waals surface area (Å²) in [5, 5.41) is 35.3. The Hall–Kier alpha value is 0.560. The minimum absolute atomic E-state index is 0.0976. The number of hydrogen-bond donors (Lipinski definition) is 4. The van der Waals surface area contributed by atoms with E-state index in [1.54, 1.807) is 0 Å². The number of hydrogen-bond acceptors (Lipinski definition) is 9. The highest BCUT2D eigenvalue weighted by molar-refractivity contribution is 7.99. The van der Waals surface area contributed by atoms with Crippen molar-refractivity contribution >= 4 is 31.8 Å². The Morgan fingerprint density at radius 3 is 1.45 bits per heavy atom. The first kappa shape index (κ1) is 20.6. The van der Waals surface area contributed by atoms with E-state index in [0.717, 1.165) is 0 Å². The molecule has 0 heterocycles. The Morgan fingerprint density at radius 2 is 1.15 bits per heavy atom. The highest BCUT2D eigenvalue weighted by Gasteiger charge is 2.20. The Kier molecular flexibility index (Phi) is 14.9. The molecule has 0 fully saturated rings. The third kappa shape index (κ3) is 11.2. The van der Waals surface area contributed by atoms with Gasteiger partial charge in [0.2, 0.25) is 0 Å². The first-order valence-electron chi connectivity index (χ1n) is 5.99. The maximum absolute atomic E-state index is 11.3. The maximum atomic E-state index is 11.3. The Balaban J connectivity index is 3.45. The van der Waals surface area contributed by atoms with E-state index in [0.29, 0.717) is 11.5 Å². The molecule has 10 heteroatoms. The van der Waals surface area contributed by atoms with Crippen LogP contribution in [0.25, 0.3) is 0 Å². The monoisotopic (exact) mass is 349 g/mol. The van der Waals surface area contributed by atoms with Crippen LogP contribution in [-0.4, -0.2) is 70.2 Å². The lowest BCUT2D eigenvalue weighted by Crippen LogP contribution is -2.14. The molecule has 0 aromatic heterocycles. The highest BCUT2D eigenvalue weighted by Crippen LogP contribution is 2.28. The van der Waals surface area contributed by atoms with Crippen molar-refractivity contribution in [1.82, 2.24) is 0 Å². The van der Waals surface area contributed by atoms with Crippen LogP contribution < -0.4 is 0 Å². The van der Waals surface area contributed by atoms with Gasteiger partial charge in [0.25, 0.3) is 0 Å². The van der Waals surface area contributed by atoms with Crippen molar-refractivity contribution in [3.8, 4) is 0 Å². The largest absolute Gasteiger partial charge is 0.699 e. The predicted octanol–water partition coefficient (Wildman–Crippen LogP) is 0.260. The zero-order valence-corrected chi connectivity index (χ0v) is 13.6. The number of aliphatic hydroxyl groups is 4. The summed E-state index contributed by atoms with van der Waals surface area (Å²) in [5.41, 5.74) is 0. The lowest BCUT2D eigenvalue weighted by molar-refractivity contribution is 0.164. The first-order chi connectivity index (χ1) is 9.67. The number of thioether (sulfide) groups is 2. The molecule has 0 aliphatic heterocycles. The lowest BCUT2D eigenvalue weighted by Gasteiger charge is -2.08. The van der Waals surface area contributed by atoms with Crippen molar-refractivity contribution in [2.75, 3.05) is 49.8 Å². The molecule has 0 saturated carbocycles. The number of rotatable bonds is 14. The molecular formula is C10H22O7PS2+. The van der Waals surface area contributed by atoms with Crippen molar-refractivity contribution in [2.45, 2.75) is 0 Å². The molecule has 0 rings (SSSR count). The molecule has 0 aromatic carbocycles. The maximum Gasteiger partial charge on any atom is 0.699 e. The summed E-state index contributed by atoms with van der Waals surface area (Å²) in [4.78, 5) is 0. The molecule has 0 bridgehead atoms. The van der Waals surface area contributed by atoms with Gasteiger partial charge in [0.15, 0.2) is 11.9 Å². The van der Waals surface area contributed by atoms with Crippen molar-refractivity contribution in [2.24, 2.45) is 11.8 Å². The third-order valence-electron chi connectivity index (χ3n) is 2.22. The van der Waals surface area contributed by atoms with E-state index in [1.807, 2.05) is 0 Å². The van der Waals surface area contributed by atoms with Crippen molar-refractivity contribution in [3.05, 3.63) is 0 Å². The second kappa shape index (κ2) is 14.5. The molecule has 0 aliphatic rings. The molecule has 0 saturated heterocycles. The van der Waals surface area contributed by atoms with Gasteiger partial charge in [-0.2, -0.15) is 0 Å². The van der Waals surface area contributed by atoms with E-state index in [1.165, 1.54) is 23.5 Å². The average molecular weight is 349 g/mol. The lowest BCUT2D eigenvalue weighted by atomic mass is 10.2. The molecule has 0 aromatic rings. The fourth-order valence-electron chi connectivity index (χ4n) is 0.954. The Bertz CT molecular complexity index is 218. The van der Waals surface area contributed by atoms with Crippen molar-refractivity contribution < 1.29 is 34.0 Å². The average Bonchev–Trinajstić information content (AvgIpc) is 2.47. The minimum Gasteiger partial charge on any atom is -0.396 e. The van der Waals surface area contributed by atoms with E-state index in [9.17, 15) is 4.57 Å². The SMILES string of the molecule is O=[P+](OCSCC(CO)CO)OCSCC(CO)CO. The van der Waals surface area contributed by atoms with E-state index >= 15 is 0 Å². The van der Waals surface area contributed by atoms with E-state index in [4.69, 9.17) is 29.5 Å². The zero-order chi connectivity index (χ0) is 15.2. The molecule has 7 nitrogen and oxygen atoms in total. The van der Waals surface area contributed by atoms with Crippen molar-refractivity contribution in [3.63, 3.8) is 0 Å². The quantitative estimate of drug-likeness (QED) is 0.199. The summed E-state index contributed by atoms with van der Waals surface area (Å²) in [6.07, 6.45) is 0. The molecule has 0 unspecified atom stereocenters. The van der Waals surface area contributed by atoms with Gasteiger partial charge in [-0.25, -0.2) is 0 Å². The van der Waals surface area contributed by atoms with Crippen LogP contribution in [0.3, 0.4) is 0 Å². The van der Waals surface area contributed by atoms with Crippen LogP contribution in [0.15, 0.2) is 0 Å². The molecule has 0 radical (unpaired) electrons. The van der Waals surface area contributed by atoms with Gasteiger partial charge in [-0.3, -0.25) is 0 Å². The minimum atomic E-state index is -2.20. The summed E-state index contributed by atoms with van der Waals surface area (Å²) >= 11 is 2.62.